The Bertz CT molecular complexity index is 517. The molecule has 2 rings (SSSR count). The number of nitrogens with zero attached hydrogens (tertiary/aromatic N) is 1. The number of aromatic nitrogens is 1. The predicted molar refractivity (Wildman–Crippen MR) is 57.6 cm³/mol. The fourth-order valence-electron chi connectivity index (χ4n) is 1.76. The first-order valence-corrected chi connectivity index (χ1v) is 4.75. The van der Waals surface area contributed by atoms with Gasteiger partial charge in [0.05, 0.1) is 5.52 Å². The van der Waals surface area contributed by atoms with Gasteiger partial charge < -0.3 is 4.57 Å². The zero-order chi connectivity index (χ0) is 11.2. The van der Waals surface area contributed by atoms with Crippen LogP contribution in [0.15, 0.2) is 18.3 Å². The molecule has 0 saturated heterocycles. The second-order valence-electron chi connectivity index (χ2n) is 3.87. The van der Waals surface area contributed by atoms with Crippen LogP contribution in [-0.4, -0.2) is 12.4 Å². The quantitative estimate of drug-likeness (QED) is 0.629. The van der Waals surface area contributed by atoms with Crippen molar-refractivity contribution in [3.63, 3.8) is 0 Å². The lowest BCUT2D eigenvalue weighted by molar-refractivity contribution is 0.586. The smallest absolute Gasteiger partial charge is 0.134 e. The fraction of sp³-hybridized carbons (Fsp3) is 0.273. The van der Waals surface area contributed by atoms with Crippen molar-refractivity contribution in [2.45, 2.75) is 19.9 Å². The average molecular weight is 205 g/mol. The lowest BCUT2D eigenvalue weighted by atomic mass is 9.96. The molecule has 0 aliphatic heterocycles. The van der Waals surface area contributed by atoms with Gasteiger partial charge in [-0.15, -0.1) is 0 Å². The summed E-state index contributed by atoms with van der Waals surface area (Å²) in [6.07, 6.45) is 1.64. The van der Waals surface area contributed by atoms with Crippen molar-refractivity contribution < 1.29 is 8.78 Å². The first-order valence-electron chi connectivity index (χ1n) is 4.75. The second-order valence-corrected chi connectivity index (χ2v) is 3.87. The highest BCUT2D eigenvalue weighted by Crippen LogP contribution is 2.21. The standard InChI is InChI=1S/C11H10BF2N/c1-6(2)15-5-8(12)11-9(14)3-7(13)4-10(11)15/h3-6H,1-2H3. The summed E-state index contributed by atoms with van der Waals surface area (Å²) in [5.41, 5.74) is 0.844. The van der Waals surface area contributed by atoms with Gasteiger partial charge in [0, 0.05) is 17.5 Å². The molecule has 0 fully saturated rings. The number of hydrogen-bond acceptors (Lipinski definition) is 0. The zero-order valence-corrected chi connectivity index (χ0v) is 8.59. The fourth-order valence-corrected chi connectivity index (χ4v) is 1.76. The van der Waals surface area contributed by atoms with E-state index in [4.69, 9.17) is 7.85 Å². The van der Waals surface area contributed by atoms with Crippen LogP contribution in [0.5, 0.6) is 0 Å². The highest BCUT2D eigenvalue weighted by atomic mass is 19.1. The third-order valence-electron chi connectivity index (χ3n) is 2.44. The molecular formula is C11H10BF2N. The van der Waals surface area contributed by atoms with Crippen LogP contribution in [0.25, 0.3) is 10.9 Å². The molecule has 0 amide bonds. The Balaban J connectivity index is 2.87. The lowest BCUT2D eigenvalue weighted by Crippen LogP contribution is -2.01. The minimum atomic E-state index is -0.609. The van der Waals surface area contributed by atoms with E-state index in [1.807, 2.05) is 13.8 Å². The molecule has 76 valence electrons. The van der Waals surface area contributed by atoms with Gasteiger partial charge in [-0.05, 0) is 26.1 Å². The number of rotatable bonds is 1. The van der Waals surface area contributed by atoms with Gasteiger partial charge in [0.2, 0.25) is 0 Å². The van der Waals surface area contributed by atoms with Gasteiger partial charge in [-0.1, -0.05) is 5.46 Å². The Kier molecular flexibility index (Phi) is 2.29. The van der Waals surface area contributed by atoms with E-state index in [1.54, 1.807) is 10.8 Å². The normalized spacial score (nSPS) is 11.5. The molecule has 1 nitrogen and oxygen atoms in total. The SMILES string of the molecule is [B]c1cn(C(C)C)c2cc(F)cc(F)c12. The highest BCUT2D eigenvalue weighted by Gasteiger charge is 2.12. The average Bonchev–Trinajstić information content (AvgIpc) is 2.42. The van der Waals surface area contributed by atoms with Crippen molar-refractivity contribution in [1.82, 2.24) is 4.57 Å². The summed E-state index contributed by atoms with van der Waals surface area (Å²) >= 11 is 0. The third-order valence-corrected chi connectivity index (χ3v) is 2.44. The minimum absolute atomic E-state index is 0.117. The molecule has 4 heteroatoms. The van der Waals surface area contributed by atoms with Gasteiger partial charge in [0.15, 0.2) is 0 Å². The van der Waals surface area contributed by atoms with Crippen LogP contribution in [-0.2, 0) is 0 Å². The van der Waals surface area contributed by atoms with Gasteiger partial charge in [-0.3, -0.25) is 0 Å². The Morgan fingerprint density at radius 2 is 1.93 bits per heavy atom. The van der Waals surface area contributed by atoms with Crippen LogP contribution < -0.4 is 5.46 Å². The van der Waals surface area contributed by atoms with E-state index in [1.165, 1.54) is 6.07 Å². The van der Waals surface area contributed by atoms with Crippen molar-refractivity contribution in [3.05, 3.63) is 30.0 Å². The topological polar surface area (TPSA) is 4.93 Å². The van der Waals surface area contributed by atoms with Crippen molar-refractivity contribution in [2.24, 2.45) is 0 Å². The van der Waals surface area contributed by atoms with Crippen molar-refractivity contribution in [2.75, 3.05) is 0 Å². The van der Waals surface area contributed by atoms with Crippen LogP contribution >= 0.6 is 0 Å². The van der Waals surface area contributed by atoms with E-state index in [0.717, 1.165) is 6.07 Å². The van der Waals surface area contributed by atoms with Crippen molar-refractivity contribution in [1.29, 1.82) is 0 Å². The van der Waals surface area contributed by atoms with E-state index in [-0.39, 0.29) is 6.04 Å². The molecule has 1 aromatic heterocycles. The highest BCUT2D eigenvalue weighted by molar-refractivity contribution is 6.39. The van der Waals surface area contributed by atoms with E-state index >= 15 is 0 Å². The summed E-state index contributed by atoms with van der Waals surface area (Å²) in [6, 6.07) is 2.27. The van der Waals surface area contributed by atoms with E-state index < -0.39 is 11.6 Å². The third kappa shape index (κ3) is 1.54. The maximum Gasteiger partial charge on any atom is 0.134 e. The molecular weight excluding hydrogens is 195 g/mol. The van der Waals surface area contributed by atoms with Gasteiger partial charge in [-0.2, -0.15) is 0 Å². The Hall–Kier alpha value is -1.32. The first-order chi connectivity index (χ1) is 7.00. The maximum absolute atomic E-state index is 13.5. The zero-order valence-electron chi connectivity index (χ0n) is 8.59. The van der Waals surface area contributed by atoms with E-state index in [2.05, 4.69) is 0 Å². The summed E-state index contributed by atoms with van der Waals surface area (Å²) < 4.78 is 28.3. The van der Waals surface area contributed by atoms with Crippen LogP contribution in [0.1, 0.15) is 19.9 Å². The molecule has 0 saturated carbocycles. The number of benzene rings is 1. The van der Waals surface area contributed by atoms with Gasteiger partial charge >= 0.3 is 0 Å². The van der Waals surface area contributed by atoms with Crippen LogP contribution in [0.2, 0.25) is 0 Å². The van der Waals surface area contributed by atoms with Gasteiger partial charge in [0.1, 0.15) is 19.5 Å². The molecule has 0 N–H and O–H groups in total. The molecule has 0 aliphatic rings. The number of hydrogen-bond donors (Lipinski definition) is 0. The Labute approximate surface area is 88.1 Å². The maximum atomic E-state index is 13.5. The lowest BCUT2D eigenvalue weighted by Gasteiger charge is -2.09. The Morgan fingerprint density at radius 3 is 2.53 bits per heavy atom. The number of fused-ring (bicyclic) bond motifs is 1. The molecule has 0 atom stereocenters. The molecule has 2 radical (unpaired) electrons. The second kappa shape index (κ2) is 3.37. The molecule has 15 heavy (non-hydrogen) atoms. The molecule has 2 aromatic rings. The number of halogens is 2. The van der Waals surface area contributed by atoms with Gasteiger partial charge in [-0.25, -0.2) is 8.78 Å². The van der Waals surface area contributed by atoms with Crippen molar-refractivity contribution in [3.8, 4) is 0 Å². The first kappa shape index (κ1) is 10.2. The largest absolute Gasteiger partial charge is 0.345 e. The van der Waals surface area contributed by atoms with E-state index in [0.29, 0.717) is 16.4 Å². The van der Waals surface area contributed by atoms with Crippen LogP contribution in [0.4, 0.5) is 8.78 Å². The van der Waals surface area contributed by atoms with Crippen LogP contribution in [0.3, 0.4) is 0 Å². The summed E-state index contributed by atoms with van der Waals surface area (Å²) in [4.78, 5) is 0. The molecule has 0 aliphatic carbocycles. The predicted octanol–water partition coefficient (Wildman–Crippen LogP) is 2.29. The molecule has 1 aromatic carbocycles. The minimum Gasteiger partial charge on any atom is -0.345 e. The van der Waals surface area contributed by atoms with Crippen molar-refractivity contribution >= 4 is 24.2 Å². The summed E-state index contributed by atoms with van der Waals surface area (Å²) in [7, 11) is 5.68. The van der Waals surface area contributed by atoms with Gasteiger partial charge in [0.25, 0.3) is 0 Å². The molecule has 1 heterocycles. The molecule has 0 unspecified atom stereocenters. The summed E-state index contributed by atoms with van der Waals surface area (Å²) in [6.45, 7) is 3.86. The Morgan fingerprint density at radius 1 is 1.27 bits per heavy atom. The van der Waals surface area contributed by atoms with E-state index in [9.17, 15) is 8.78 Å². The monoisotopic (exact) mass is 205 g/mol. The summed E-state index contributed by atoms with van der Waals surface area (Å²) in [5.74, 6) is -1.19. The van der Waals surface area contributed by atoms with Crippen LogP contribution in [0, 0.1) is 11.6 Å². The molecule has 0 spiro atoms. The summed E-state index contributed by atoms with van der Waals surface area (Å²) in [5, 5.41) is 0.296. The molecule has 0 bridgehead atoms.